The van der Waals surface area contributed by atoms with Crippen molar-refractivity contribution < 1.29 is 14.7 Å². The highest BCUT2D eigenvalue weighted by Crippen LogP contribution is 2.06. The van der Waals surface area contributed by atoms with Crippen molar-refractivity contribution in [2.75, 3.05) is 6.54 Å². The fourth-order valence-corrected chi connectivity index (χ4v) is 1.67. The molecule has 17 heavy (non-hydrogen) atoms. The second-order valence-electron chi connectivity index (χ2n) is 3.66. The highest BCUT2D eigenvalue weighted by atomic mass is 32.1. The SMILES string of the molecule is Cc1nc(CNC(=O)NCC(C)C(=O)O)cs1. The van der Waals surface area contributed by atoms with E-state index in [2.05, 4.69) is 15.6 Å². The number of hydrogen-bond acceptors (Lipinski definition) is 4. The van der Waals surface area contributed by atoms with Gasteiger partial charge in [0.25, 0.3) is 0 Å². The Morgan fingerprint density at radius 2 is 2.24 bits per heavy atom. The van der Waals surface area contributed by atoms with Crippen LogP contribution < -0.4 is 10.6 Å². The van der Waals surface area contributed by atoms with E-state index >= 15 is 0 Å². The molecular formula is C10H15N3O3S. The van der Waals surface area contributed by atoms with E-state index in [0.717, 1.165) is 10.7 Å². The van der Waals surface area contributed by atoms with E-state index in [4.69, 9.17) is 5.11 Å². The topological polar surface area (TPSA) is 91.3 Å². The largest absolute Gasteiger partial charge is 0.481 e. The number of nitrogens with one attached hydrogen (secondary N) is 2. The lowest BCUT2D eigenvalue weighted by molar-refractivity contribution is -0.140. The number of aryl methyl sites for hydroxylation is 1. The molecule has 0 aliphatic heterocycles. The first-order chi connectivity index (χ1) is 7.99. The Kier molecular flexibility index (Phi) is 4.89. The molecule has 0 aromatic carbocycles. The molecule has 2 amide bonds. The number of aliphatic carboxylic acids is 1. The van der Waals surface area contributed by atoms with E-state index < -0.39 is 11.9 Å². The van der Waals surface area contributed by atoms with Crippen molar-refractivity contribution in [1.82, 2.24) is 15.6 Å². The molecule has 0 bridgehead atoms. The molecule has 0 fully saturated rings. The van der Waals surface area contributed by atoms with E-state index in [1.165, 1.54) is 18.3 Å². The minimum Gasteiger partial charge on any atom is -0.481 e. The number of carboxylic acid groups (broad SMARTS) is 1. The summed E-state index contributed by atoms with van der Waals surface area (Å²) in [5.41, 5.74) is 0.800. The number of amides is 2. The molecule has 1 aromatic rings. The summed E-state index contributed by atoms with van der Waals surface area (Å²) in [6.45, 7) is 3.88. The number of carbonyl (C=O) groups is 2. The lowest BCUT2D eigenvalue weighted by atomic mass is 10.2. The Bertz CT molecular complexity index is 405. The van der Waals surface area contributed by atoms with Crippen LogP contribution in [0.4, 0.5) is 4.79 Å². The van der Waals surface area contributed by atoms with Gasteiger partial charge in [-0.1, -0.05) is 6.92 Å². The highest BCUT2D eigenvalue weighted by molar-refractivity contribution is 7.09. The predicted octanol–water partition coefficient (Wildman–Crippen LogP) is 0.971. The van der Waals surface area contributed by atoms with Gasteiger partial charge in [-0.25, -0.2) is 9.78 Å². The summed E-state index contributed by atoms with van der Waals surface area (Å²) in [7, 11) is 0. The van der Waals surface area contributed by atoms with Crippen LogP contribution >= 0.6 is 11.3 Å². The van der Waals surface area contributed by atoms with Crippen molar-refractivity contribution >= 4 is 23.3 Å². The Morgan fingerprint density at radius 3 is 2.76 bits per heavy atom. The molecule has 0 aliphatic carbocycles. The average molecular weight is 257 g/mol. The number of rotatable bonds is 5. The van der Waals surface area contributed by atoms with Crippen molar-refractivity contribution in [1.29, 1.82) is 0 Å². The molecule has 0 saturated carbocycles. The van der Waals surface area contributed by atoms with Gasteiger partial charge in [0.05, 0.1) is 23.2 Å². The van der Waals surface area contributed by atoms with Crippen molar-refractivity contribution in [3.8, 4) is 0 Å². The zero-order valence-electron chi connectivity index (χ0n) is 9.69. The Labute approximate surface area is 103 Å². The number of hydrogen-bond donors (Lipinski definition) is 3. The van der Waals surface area contributed by atoms with Crippen LogP contribution in [0.2, 0.25) is 0 Å². The van der Waals surface area contributed by atoms with Crippen LogP contribution in [-0.4, -0.2) is 28.6 Å². The Hall–Kier alpha value is -1.63. The summed E-state index contributed by atoms with van der Waals surface area (Å²) < 4.78 is 0. The first-order valence-corrected chi connectivity index (χ1v) is 6.02. The van der Waals surface area contributed by atoms with Crippen LogP contribution in [0.3, 0.4) is 0 Å². The third-order valence-electron chi connectivity index (χ3n) is 2.09. The zero-order valence-corrected chi connectivity index (χ0v) is 10.5. The maximum Gasteiger partial charge on any atom is 0.315 e. The second kappa shape index (κ2) is 6.19. The van der Waals surface area contributed by atoms with E-state index in [0.29, 0.717) is 6.54 Å². The third-order valence-corrected chi connectivity index (χ3v) is 2.91. The van der Waals surface area contributed by atoms with Gasteiger partial charge in [0.2, 0.25) is 0 Å². The van der Waals surface area contributed by atoms with Gasteiger partial charge < -0.3 is 15.7 Å². The summed E-state index contributed by atoms with van der Waals surface area (Å²) in [4.78, 5) is 26.0. The van der Waals surface area contributed by atoms with Crippen LogP contribution in [0.25, 0.3) is 0 Å². The van der Waals surface area contributed by atoms with Crippen molar-refractivity contribution in [3.63, 3.8) is 0 Å². The minimum absolute atomic E-state index is 0.108. The van der Waals surface area contributed by atoms with Gasteiger partial charge in [0, 0.05) is 11.9 Å². The normalized spacial score (nSPS) is 11.9. The fraction of sp³-hybridized carbons (Fsp3) is 0.500. The summed E-state index contributed by atoms with van der Waals surface area (Å²) in [5, 5.41) is 16.5. The molecule has 1 aromatic heterocycles. The molecule has 6 nitrogen and oxygen atoms in total. The number of carboxylic acids is 1. The van der Waals surface area contributed by atoms with Crippen molar-refractivity contribution in [3.05, 3.63) is 16.1 Å². The van der Waals surface area contributed by atoms with E-state index in [1.54, 1.807) is 0 Å². The first-order valence-electron chi connectivity index (χ1n) is 5.14. The molecule has 1 heterocycles. The number of carbonyl (C=O) groups excluding carboxylic acids is 1. The van der Waals surface area contributed by atoms with Crippen LogP contribution in [0.1, 0.15) is 17.6 Å². The highest BCUT2D eigenvalue weighted by Gasteiger charge is 2.11. The zero-order chi connectivity index (χ0) is 12.8. The molecule has 0 saturated heterocycles. The predicted molar refractivity (Wildman–Crippen MR) is 63.9 cm³/mol. The van der Waals surface area contributed by atoms with Gasteiger partial charge in [-0.3, -0.25) is 4.79 Å². The van der Waals surface area contributed by atoms with Crippen molar-refractivity contribution in [2.24, 2.45) is 5.92 Å². The molecule has 0 radical (unpaired) electrons. The van der Waals surface area contributed by atoms with Gasteiger partial charge in [0.1, 0.15) is 0 Å². The number of urea groups is 1. The molecule has 0 spiro atoms. The standard InChI is InChI=1S/C10H15N3O3S/c1-6(9(14)15)3-11-10(16)12-4-8-5-17-7(2)13-8/h5-6H,3-4H2,1-2H3,(H,14,15)(H2,11,12,16). The summed E-state index contributed by atoms with van der Waals surface area (Å²) in [6.07, 6.45) is 0. The van der Waals surface area contributed by atoms with Crippen LogP contribution in [-0.2, 0) is 11.3 Å². The quantitative estimate of drug-likeness (QED) is 0.733. The van der Waals surface area contributed by atoms with Crippen LogP contribution in [0, 0.1) is 12.8 Å². The maximum absolute atomic E-state index is 11.3. The second-order valence-corrected chi connectivity index (χ2v) is 4.72. The number of thiazole rings is 1. The van der Waals surface area contributed by atoms with E-state index in [-0.39, 0.29) is 12.6 Å². The fourth-order valence-electron chi connectivity index (χ4n) is 1.06. The first kappa shape index (κ1) is 13.4. The third kappa shape index (κ3) is 4.81. The number of nitrogens with zero attached hydrogens (tertiary/aromatic N) is 1. The molecule has 94 valence electrons. The lowest BCUT2D eigenvalue weighted by Crippen LogP contribution is -2.38. The average Bonchev–Trinajstić information content (AvgIpc) is 2.69. The van der Waals surface area contributed by atoms with E-state index in [9.17, 15) is 9.59 Å². The van der Waals surface area contributed by atoms with E-state index in [1.807, 2.05) is 12.3 Å². The number of aromatic nitrogens is 1. The van der Waals surface area contributed by atoms with Gasteiger partial charge in [0.15, 0.2) is 0 Å². The van der Waals surface area contributed by atoms with Crippen LogP contribution in [0.15, 0.2) is 5.38 Å². The van der Waals surface area contributed by atoms with Crippen LogP contribution in [0.5, 0.6) is 0 Å². The smallest absolute Gasteiger partial charge is 0.315 e. The van der Waals surface area contributed by atoms with Gasteiger partial charge in [-0.05, 0) is 6.92 Å². The summed E-state index contributed by atoms with van der Waals surface area (Å²) in [5.74, 6) is -1.53. The van der Waals surface area contributed by atoms with Gasteiger partial charge in [-0.15, -0.1) is 11.3 Å². The Balaban J connectivity index is 2.24. The molecule has 1 atom stereocenters. The minimum atomic E-state index is -0.930. The summed E-state index contributed by atoms with van der Waals surface area (Å²) in [6, 6.07) is -0.385. The maximum atomic E-state index is 11.3. The Morgan fingerprint density at radius 1 is 1.53 bits per heavy atom. The van der Waals surface area contributed by atoms with Gasteiger partial charge >= 0.3 is 12.0 Å². The van der Waals surface area contributed by atoms with Crippen molar-refractivity contribution in [2.45, 2.75) is 20.4 Å². The molecular weight excluding hydrogens is 242 g/mol. The molecule has 7 heteroatoms. The monoisotopic (exact) mass is 257 g/mol. The summed E-state index contributed by atoms with van der Waals surface area (Å²) >= 11 is 1.52. The molecule has 1 unspecified atom stereocenters. The molecule has 1 rings (SSSR count). The molecule has 0 aliphatic rings. The molecule has 3 N–H and O–H groups in total. The lowest BCUT2D eigenvalue weighted by Gasteiger charge is -2.08. The van der Waals surface area contributed by atoms with Gasteiger partial charge in [-0.2, -0.15) is 0 Å².